The van der Waals surface area contributed by atoms with Crippen molar-refractivity contribution in [3.63, 3.8) is 0 Å². The van der Waals surface area contributed by atoms with E-state index in [1.165, 1.54) is 25.6 Å². The fraction of sp³-hybridized carbons (Fsp3) is 0.588. The van der Waals surface area contributed by atoms with E-state index in [4.69, 9.17) is 9.47 Å². The molecule has 0 spiro atoms. The smallest absolute Gasteiger partial charge is 0.330 e. The molecule has 1 rings (SSSR count). The van der Waals surface area contributed by atoms with E-state index in [9.17, 15) is 24.0 Å². The van der Waals surface area contributed by atoms with Gasteiger partial charge in [-0.05, 0) is 20.8 Å². The highest BCUT2D eigenvalue weighted by Crippen LogP contribution is 2.21. The minimum absolute atomic E-state index is 0.00401. The molecule has 0 bridgehead atoms. The van der Waals surface area contributed by atoms with E-state index in [-0.39, 0.29) is 31.0 Å². The summed E-state index contributed by atoms with van der Waals surface area (Å²) in [6, 6.07) is 0. The Kier molecular flexibility index (Phi) is 7.95. The van der Waals surface area contributed by atoms with Crippen molar-refractivity contribution in [3.8, 4) is 0 Å². The molecule has 1 heterocycles. The van der Waals surface area contributed by atoms with Crippen molar-refractivity contribution in [2.45, 2.75) is 33.1 Å². The van der Waals surface area contributed by atoms with Crippen molar-refractivity contribution in [1.82, 2.24) is 14.5 Å². The molecule has 150 valence electrons. The lowest BCUT2D eigenvalue weighted by Crippen LogP contribution is -2.43. The van der Waals surface area contributed by atoms with Crippen LogP contribution >= 0.6 is 0 Å². The first kappa shape index (κ1) is 22.1. The van der Waals surface area contributed by atoms with Gasteiger partial charge in [0.1, 0.15) is 6.54 Å². The lowest BCUT2D eigenvalue weighted by molar-refractivity contribution is -0.146. The van der Waals surface area contributed by atoms with E-state index >= 15 is 0 Å². The second kappa shape index (κ2) is 9.70. The van der Waals surface area contributed by atoms with Crippen molar-refractivity contribution < 1.29 is 23.9 Å². The molecule has 0 radical (unpaired) electrons. The molecule has 1 atom stereocenters. The summed E-state index contributed by atoms with van der Waals surface area (Å²) >= 11 is 0. The summed E-state index contributed by atoms with van der Waals surface area (Å²) in [5.74, 6) is -3.22. The number of hydrogen-bond donors (Lipinski definition) is 1. The minimum Gasteiger partial charge on any atom is -0.466 e. The molecule has 10 nitrogen and oxygen atoms in total. The van der Waals surface area contributed by atoms with Crippen LogP contribution in [0.25, 0.3) is 0 Å². The third-order valence-electron chi connectivity index (χ3n) is 4.05. The number of ether oxygens (including phenoxy) is 2. The molecule has 1 aromatic heterocycles. The van der Waals surface area contributed by atoms with E-state index in [0.29, 0.717) is 0 Å². The SMILES string of the molecule is CCOC(=O)CNC(=O)C[C@@H](C(=O)OCC)c1c(C)n(C)c(=O)n(C)c1=O. The fourth-order valence-electron chi connectivity index (χ4n) is 2.56. The Hall–Kier alpha value is -2.91. The number of rotatable bonds is 8. The van der Waals surface area contributed by atoms with Crippen LogP contribution in [0.5, 0.6) is 0 Å². The van der Waals surface area contributed by atoms with Gasteiger partial charge in [0.15, 0.2) is 0 Å². The topological polar surface area (TPSA) is 126 Å². The summed E-state index contributed by atoms with van der Waals surface area (Å²) in [6.07, 6.45) is -0.410. The summed E-state index contributed by atoms with van der Waals surface area (Å²) in [4.78, 5) is 60.6. The van der Waals surface area contributed by atoms with Crippen LogP contribution in [0.3, 0.4) is 0 Å². The lowest BCUT2D eigenvalue weighted by atomic mass is 9.94. The highest BCUT2D eigenvalue weighted by Gasteiger charge is 2.31. The van der Waals surface area contributed by atoms with Gasteiger partial charge < -0.3 is 19.4 Å². The largest absolute Gasteiger partial charge is 0.466 e. The average Bonchev–Trinajstić information content (AvgIpc) is 2.62. The second-order valence-electron chi connectivity index (χ2n) is 5.80. The first-order valence-electron chi connectivity index (χ1n) is 8.51. The Labute approximate surface area is 156 Å². The normalized spacial score (nSPS) is 11.6. The molecule has 27 heavy (non-hydrogen) atoms. The highest BCUT2D eigenvalue weighted by atomic mass is 16.5. The molecule has 0 aliphatic heterocycles. The molecule has 10 heteroatoms. The molecular formula is C17H25N3O7. The summed E-state index contributed by atoms with van der Waals surface area (Å²) in [5, 5.41) is 2.35. The van der Waals surface area contributed by atoms with Gasteiger partial charge in [0.2, 0.25) is 5.91 Å². The summed E-state index contributed by atoms with van der Waals surface area (Å²) in [6.45, 7) is 4.63. The number of esters is 2. The second-order valence-corrected chi connectivity index (χ2v) is 5.80. The molecule has 0 aromatic carbocycles. The standard InChI is InChI=1S/C17H25N3O7/c1-6-26-13(22)9-18-12(21)8-11(16(24)27-7-2)14-10(3)19(4)17(25)20(5)15(14)23/h11H,6-9H2,1-5H3,(H,18,21)/t11-/m1/s1. The van der Waals surface area contributed by atoms with Crippen molar-refractivity contribution in [3.05, 3.63) is 32.1 Å². The van der Waals surface area contributed by atoms with Crippen LogP contribution < -0.4 is 16.6 Å². The van der Waals surface area contributed by atoms with E-state index in [0.717, 1.165) is 4.57 Å². The van der Waals surface area contributed by atoms with E-state index < -0.39 is 41.4 Å². The maximum Gasteiger partial charge on any atom is 0.330 e. The highest BCUT2D eigenvalue weighted by molar-refractivity contribution is 5.88. The lowest BCUT2D eigenvalue weighted by Gasteiger charge is -2.19. The molecule has 0 fully saturated rings. The first-order valence-corrected chi connectivity index (χ1v) is 8.51. The molecule has 0 saturated heterocycles. The van der Waals surface area contributed by atoms with Gasteiger partial charge in [-0.25, -0.2) is 4.79 Å². The van der Waals surface area contributed by atoms with Crippen molar-refractivity contribution >= 4 is 17.8 Å². The van der Waals surface area contributed by atoms with Gasteiger partial charge in [-0.15, -0.1) is 0 Å². The molecule has 1 N–H and O–H groups in total. The molecule has 0 aliphatic rings. The molecule has 1 amide bonds. The maximum absolute atomic E-state index is 12.6. The number of carbonyl (C=O) groups excluding carboxylic acids is 3. The van der Waals surface area contributed by atoms with Gasteiger partial charge >= 0.3 is 17.6 Å². The van der Waals surface area contributed by atoms with Crippen LogP contribution in [-0.2, 0) is 38.0 Å². The molecular weight excluding hydrogens is 358 g/mol. The Balaban J connectivity index is 3.23. The zero-order valence-corrected chi connectivity index (χ0v) is 16.2. The van der Waals surface area contributed by atoms with Gasteiger partial charge in [-0.2, -0.15) is 0 Å². The van der Waals surface area contributed by atoms with Crippen LogP contribution in [0.1, 0.15) is 37.4 Å². The molecule has 0 aliphatic carbocycles. The van der Waals surface area contributed by atoms with Gasteiger partial charge in [-0.1, -0.05) is 0 Å². The van der Waals surface area contributed by atoms with Gasteiger partial charge in [0.25, 0.3) is 5.56 Å². The predicted octanol–water partition coefficient (Wildman–Crippen LogP) is -0.891. The Morgan fingerprint density at radius 2 is 1.63 bits per heavy atom. The Morgan fingerprint density at radius 3 is 2.19 bits per heavy atom. The maximum atomic E-state index is 12.6. The molecule has 0 unspecified atom stereocenters. The quantitative estimate of drug-likeness (QED) is 0.577. The first-order chi connectivity index (χ1) is 12.6. The summed E-state index contributed by atoms with van der Waals surface area (Å²) < 4.78 is 11.8. The van der Waals surface area contributed by atoms with E-state index in [1.54, 1.807) is 13.8 Å². The number of nitrogens with one attached hydrogen (secondary N) is 1. The summed E-state index contributed by atoms with van der Waals surface area (Å²) in [7, 11) is 2.75. The van der Waals surface area contributed by atoms with Gasteiger partial charge in [0.05, 0.1) is 24.7 Å². The van der Waals surface area contributed by atoms with Crippen molar-refractivity contribution in [2.24, 2.45) is 14.1 Å². The predicted molar refractivity (Wildman–Crippen MR) is 95.3 cm³/mol. The van der Waals surface area contributed by atoms with E-state index in [1.807, 2.05) is 0 Å². The van der Waals surface area contributed by atoms with Crippen LogP contribution in [0.4, 0.5) is 0 Å². The van der Waals surface area contributed by atoms with Crippen LogP contribution in [0, 0.1) is 6.92 Å². The molecule has 0 saturated carbocycles. The Morgan fingerprint density at radius 1 is 1.04 bits per heavy atom. The van der Waals surface area contributed by atoms with Crippen LogP contribution in [0.2, 0.25) is 0 Å². The average molecular weight is 383 g/mol. The third kappa shape index (κ3) is 5.28. The zero-order valence-electron chi connectivity index (χ0n) is 16.2. The Bertz CT molecular complexity index is 838. The zero-order chi connectivity index (χ0) is 20.7. The number of carbonyl (C=O) groups is 3. The van der Waals surface area contributed by atoms with Gasteiger partial charge in [-0.3, -0.25) is 23.7 Å². The van der Waals surface area contributed by atoms with Crippen LogP contribution in [-0.4, -0.2) is 46.7 Å². The van der Waals surface area contributed by atoms with Gasteiger partial charge in [0, 0.05) is 26.2 Å². The number of amides is 1. The number of nitrogens with zero attached hydrogens (tertiary/aromatic N) is 2. The number of aromatic nitrogens is 2. The monoisotopic (exact) mass is 383 g/mol. The summed E-state index contributed by atoms with van der Waals surface area (Å²) in [5.41, 5.74) is -0.953. The fourth-order valence-corrected chi connectivity index (χ4v) is 2.56. The van der Waals surface area contributed by atoms with E-state index in [2.05, 4.69) is 5.32 Å². The third-order valence-corrected chi connectivity index (χ3v) is 4.05. The minimum atomic E-state index is -1.21. The van der Waals surface area contributed by atoms with Crippen molar-refractivity contribution in [1.29, 1.82) is 0 Å². The van der Waals surface area contributed by atoms with Crippen molar-refractivity contribution in [2.75, 3.05) is 19.8 Å². The molecule has 1 aromatic rings. The van der Waals surface area contributed by atoms with Crippen LogP contribution in [0.15, 0.2) is 9.59 Å². The number of hydrogen-bond acceptors (Lipinski definition) is 7.